The number of halogens is 1. The van der Waals surface area contributed by atoms with Crippen molar-refractivity contribution in [2.24, 2.45) is 5.10 Å². The molecule has 0 unspecified atom stereocenters. The van der Waals surface area contributed by atoms with Crippen molar-refractivity contribution in [1.29, 1.82) is 0 Å². The Hall–Kier alpha value is -2.97. The van der Waals surface area contributed by atoms with E-state index in [0.717, 1.165) is 10.0 Å². The summed E-state index contributed by atoms with van der Waals surface area (Å²) in [6, 6.07) is 19.9. The number of carbonyl (C=O) groups is 1. The second-order valence-corrected chi connectivity index (χ2v) is 8.71. The van der Waals surface area contributed by atoms with Gasteiger partial charge in [-0.1, -0.05) is 39.7 Å². The van der Waals surface area contributed by atoms with Gasteiger partial charge >= 0.3 is 5.97 Å². The summed E-state index contributed by atoms with van der Waals surface area (Å²) < 4.78 is 30.5. The van der Waals surface area contributed by atoms with E-state index in [0.29, 0.717) is 16.9 Å². The van der Waals surface area contributed by atoms with Gasteiger partial charge < -0.3 is 4.74 Å². The molecule has 0 saturated heterocycles. The summed E-state index contributed by atoms with van der Waals surface area (Å²) in [6.45, 7) is 1.88. The molecule has 0 spiro atoms. The molecule has 29 heavy (non-hydrogen) atoms. The third-order valence-electron chi connectivity index (χ3n) is 3.87. The van der Waals surface area contributed by atoms with Crippen molar-refractivity contribution >= 4 is 38.1 Å². The summed E-state index contributed by atoms with van der Waals surface area (Å²) in [7, 11) is -3.73. The van der Waals surface area contributed by atoms with Crippen LogP contribution in [0.2, 0.25) is 0 Å². The van der Waals surface area contributed by atoms with Crippen LogP contribution in [0.4, 0.5) is 0 Å². The van der Waals surface area contributed by atoms with Crippen LogP contribution < -0.4 is 9.57 Å². The van der Waals surface area contributed by atoms with E-state index in [9.17, 15) is 13.2 Å². The molecule has 1 N–H and O–H groups in total. The van der Waals surface area contributed by atoms with Crippen molar-refractivity contribution in [2.45, 2.75) is 11.8 Å². The Morgan fingerprint density at radius 1 is 1.03 bits per heavy atom. The number of hydrazone groups is 1. The van der Waals surface area contributed by atoms with Crippen LogP contribution in [-0.4, -0.2) is 20.6 Å². The zero-order valence-electron chi connectivity index (χ0n) is 15.4. The number of hydrogen-bond acceptors (Lipinski definition) is 5. The van der Waals surface area contributed by atoms with Gasteiger partial charge in [0.25, 0.3) is 10.0 Å². The molecule has 0 aliphatic rings. The van der Waals surface area contributed by atoms with E-state index >= 15 is 0 Å². The fraction of sp³-hybridized carbons (Fsp3) is 0.0476. The van der Waals surface area contributed by atoms with Crippen LogP contribution in [0.5, 0.6) is 5.75 Å². The lowest BCUT2D eigenvalue weighted by Gasteiger charge is -2.05. The van der Waals surface area contributed by atoms with Gasteiger partial charge in [-0.2, -0.15) is 13.5 Å². The zero-order valence-corrected chi connectivity index (χ0v) is 17.8. The van der Waals surface area contributed by atoms with Crippen molar-refractivity contribution in [3.8, 4) is 5.75 Å². The fourth-order valence-corrected chi connectivity index (χ4v) is 3.53. The van der Waals surface area contributed by atoms with Crippen molar-refractivity contribution < 1.29 is 17.9 Å². The van der Waals surface area contributed by atoms with E-state index < -0.39 is 16.0 Å². The second kappa shape index (κ2) is 9.02. The number of hydrogen-bond donors (Lipinski definition) is 1. The predicted octanol–water partition coefficient (Wildman–Crippen LogP) is 4.29. The first-order chi connectivity index (χ1) is 13.8. The molecule has 0 radical (unpaired) electrons. The van der Waals surface area contributed by atoms with Crippen LogP contribution in [0.15, 0.2) is 87.3 Å². The van der Waals surface area contributed by atoms with Gasteiger partial charge in [0.2, 0.25) is 0 Å². The topological polar surface area (TPSA) is 84.8 Å². The average molecular weight is 473 g/mol. The summed E-state index contributed by atoms with van der Waals surface area (Å²) >= 11 is 3.31. The van der Waals surface area contributed by atoms with E-state index in [1.54, 1.807) is 54.6 Å². The smallest absolute Gasteiger partial charge is 0.343 e. The maximum absolute atomic E-state index is 12.2. The normalized spacial score (nSPS) is 11.4. The Morgan fingerprint density at radius 2 is 1.72 bits per heavy atom. The molecule has 148 valence electrons. The predicted molar refractivity (Wildman–Crippen MR) is 115 cm³/mol. The molecule has 0 amide bonds. The van der Waals surface area contributed by atoms with Crippen LogP contribution in [0.25, 0.3) is 0 Å². The van der Waals surface area contributed by atoms with Gasteiger partial charge in [0.1, 0.15) is 5.75 Å². The van der Waals surface area contributed by atoms with Gasteiger partial charge in [0.15, 0.2) is 0 Å². The highest BCUT2D eigenvalue weighted by Gasteiger charge is 2.12. The molecule has 6 nitrogen and oxygen atoms in total. The molecule has 0 heterocycles. The van der Waals surface area contributed by atoms with Crippen LogP contribution in [-0.2, 0) is 10.0 Å². The molecule has 0 saturated carbocycles. The molecule has 0 aromatic heterocycles. The van der Waals surface area contributed by atoms with Gasteiger partial charge in [-0.15, -0.1) is 0 Å². The summed E-state index contributed by atoms with van der Waals surface area (Å²) in [6.07, 6.45) is 1.37. The average Bonchev–Trinajstić information content (AvgIpc) is 2.69. The highest BCUT2D eigenvalue weighted by molar-refractivity contribution is 9.10. The summed E-state index contributed by atoms with van der Waals surface area (Å²) in [5.41, 5.74) is 2.03. The van der Waals surface area contributed by atoms with E-state index in [-0.39, 0.29) is 4.90 Å². The monoisotopic (exact) mass is 472 g/mol. The minimum atomic E-state index is -3.73. The largest absolute Gasteiger partial charge is 0.423 e. The van der Waals surface area contributed by atoms with Crippen molar-refractivity contribution in [3.63, 3.8) is 0 Å². The Bertz CT molecular complexity index is 1140. The maximum atomic E-state index is 12.2. The van der Waals surface area contributed by atoms with Gasteiger partial charge in [-0.05, 0) is 67.1 Å². The maximum Gasteiger partial charge on any atom is 0.343 e. The van der Waals surface area contributed by atoms with Crippen LogP contribution in [0, 0.1) is 6.92 Å². The Kier molecular flexibility index (Phi) is 6.46. The highest BCUT2D eigenvalue weighted by atomic mass is 79.9. The third-order valence-corrected chi connectivity index (χ3v) is 5.60. The minimum Gasteiger partial charge on any atom is -0.423 e. The Balaban J connectivity index is 1.61. The first kappa shape index (κ1) is 20.8. The lowest BCUT2D eigenvalue weighted by Crippen LogP contribution is -2.18. The number of carbonyl (C=O) groups excluding carboxylic acids is 1. The zero-order chi connectivity index (χ0) is 20.9. The first-order valence-corrected chi connectivity index (χ1v) is 10.8. The van der Waals surface area contributed by atoms with Crippen LogP contribution in [0.1, 0.15) is 21.5 Å². The molecule has 0 aliphatic carbocycles. The van der Waals surface area contributed by atoms with E-state index in [1.807, 2.05) is 13.0 Å². The summed E-state index contributed by atoms with van der Waals surface area (Å²) in [5.74, 6) is -0.106. The SMILES string of the molecule is Cc1ccc(S(=O)(=O)N/N=C\c2ccc(OC(=O)c3cccc(Br)c3)cc2)cc1. The molecular weight excluding hydrogens is 456 g/mol. The standard InChI is InChI=1S/C21H17BrN2O4S/c1-15-5-11-20(12-6-15)29(26,27)24-23-14-16-7-9-19(10-8-16)28-21(25)17-3-2-4-18(22)13-17/h2-14,24H,1H3/b23-14-. The number of ether oxygens (including phenoxy) is 1. The third kappa shape index (κ3) is 5.75. The minimum absolute atomic E-state index is 0.134. The molecule has 0 atom stereocenters. The van der Waals surface area contributed by atoms with Crippen LogP contribution in [0.3, 0.4) is 0 Å². The van der Waals surface area contributed by atoms with Crippen LogP contribution >= 0.6 is 15.9 Å². The number of rotatable bonds is 6. The molecule has 0 bridgehead atoms. The van der Waals surface area contributed by atoms with E-state index in [2.05, 4.69) is 25.9 Å². The van der Waals surface area contributed by atoms with Gasteiger partial charge in [-0.25, -0.2) is 9.63 Å². The Labute approximate surface area is 177 Å². The van der Waals surface area contributed by atoms with Crippen molar-refractivity contribution in [1.82, 2.24) is 4.83 Å². The van der Waals surface area contributed by atoms with Crippen molar-refractivity contribution in [3.05, 3.63) is 94.0 Å². The first-order valence-electron chi connectivity index (χ1n) is 8.53. The molecule has 3 aromatic rings. The van der Waals surface area contributed by atoms with Gasteiger partial charge in [0.05, 0.1) is 16.7 Å². The number of esters is 1. The number of benzene rings is 3. The molecule has 8 heteroatoms. The highest BCUT2D eigenvalue weighted by Crippen LogP contribution is 2.16. The second-order valence-electron chi connectivity index (χ2n) is 6.13. The summed E-state index contributed by atoms with van der Waals surface area (Å²) in [5, 5.41) is 3.78. The number of aryl methyl sites for hydroxylation is 1. The number of nitrogens with zero attached hydrogens (tertiary/aromatic N) is 1. The summed E-state index contributed by atoms with van der Waals surface area (Å²) in [4.78, 5) is 14.4. The van der Waals surface area contributed by atoms with E-state index in [4.69, 9.17) is 4.74 Å². The molecule has 0 fully saturated rings. The lowest BCUT2D eigenvalue weighted by molar-refractivity contribution is 0.0734. The molecule has 0 aliphatic heterocycles. The molecular formula is C21H17BrN2O4S. The number of sulfonamides is 1. The Morgan fingerprint density at radius 3 is 2.38 bits per heavy atom. The molecule has 3 aromatic carbocycles. The van der Waals surface area contributed by atoms with Gasteiger partial charge in [-0.3, -0.25) is 0 Å². The van der Waals surface area contributed by atoms with Gasteiger partial charge in [0, 0.05) is 4.47 Å². The fourth-order valence-electron chi connectivity index (χ4n) is 2.34. The number of nitrogens with one attached hydrogen (secondary N) is 1. The quantitative estimate of drug-likeness (QED) is 0.251. The van der Waals surface area contributed by atoms with E-state index in [1.165, 1.54) is 18.3 Å². The molecule has 3 rings (SSSR count). The lowest BCUT2D eigenvalue weighted by atomic mass is 10.2. The van der Waals surface area contributed by atoms with Crippen molar-refractivity contribution in [2.75, 3.05) is 0 Å².